The van der Waals surface area contributed by atoms with Gasteiger partial charge in [0.1, 0.15) is 0 Å². The summed E-state index contributed by atoms with van der Waals surface area (Å²) in [4.78, 5) is 8.13. The molecule has 53 heavy (non-hydrogen) atoms. The zero-order valence-corrected chi connectivity index (χ0v) is 36.3. The molecule has 0 saturated carbocycles. The SMILES string of the molecule is CC(C)(C)c1cc2c3ccc(s3)c3cc(C(C)(C)C)cc4c5cc(C(C)(C)C)cc(c6sc(cc6Br)c6cc(C(C)(C)C)cc7c(c1)c2[nH]c67)c5[nH]c34. The van der Waals surface area contributed by atoms with Gasteiger partial charge in [-0.05, 0) is 127 Å². The maximum Gasteiger partial charge on any atom is 0.0553 e. The first kappa shape index (κ1) is 35.1. The first-order valence-corrected chi connectivity index (χ1v) is 21.3. The van der Waals surface area contributed by atoms with Crippen LogP contribution in [-0.2, 0) is 21.7 Å². The number of rotatable bonds is 0. The fraction of sp³-hybridized carbons (Fsp3) is 0.333. The monoisotopic (exact) mass is 796 g/mol. The van der Waals surface area contributed by atoms with E-state index in [0.717, 1.165) is 4.47 Å². The van der Waals surface area contributed by atoms with Crippen LogP contribution in [0.25, 0.3) is 84.0 Å². The van der Waals surface area contributed by atoms with Crippen molar-refractivity contribution in [2.45, 2.75) is 105 Å². The maximum atomic E-state index is 4.12. The molecular weight excluding hydrogens is 749 g/mol. The Balaban J connectivity index is 1.63. The van der Waals surface area contributed by atoms with E-state index in [9.17, 15) is 0 Å². The van der Waals surface area contributed by atoms with Crippen LogP contribution in [0.4, 0.5) is 0 Å². The van der Waals surface area contributed by atoms with E-state index in [0.29, 0.717) is 0 Å². The Labute approximate surface area is 328 Å². The molecule has 0 aliphatic heterocycles. The van der Waals surface area contributed by atoms with Gasteiger partial charge in [0.25, 0.3) is 0 Å². The highest BCUT2D eigenvalue weighted by atomic mass is 79.9. The van der Waals surface area contributed by atoms with E-state index in [-0.39, 0.29) is 21.7 Å². The number of benzene rings is 4. The van der Waals surface area contributed by atoms with Crippen molar-refractivity contribution in [3.05, 3.63) is 93.5 Å². The molecule has 0 aliphatic carbocycles. The van der Waals surface area contributed by atoms with E-state index in [1.807, 2.05) is 22.7 Å². The highest BCUT2D eigenvalue weighted by Crippen LogP contribution is 2.46. The van der Waals surface area contributed by atoms with Gasteiger partial charge < -0.3 is 9.97 Å². The van der Waals surface area contributed by atoms with E-state index in [2.05, 4.69) is 176 Å². The van der Waals surface area contributed by atoms with Crippen molar-refractivity contribution in [2.75, 3.05) is 0 Å². The highest BCUT2D eigenvalue weighted by Gasteiger charge is 2.25. The van der Waals surface area contributed by atoms with Crippen LogP contribution in [0.2, 0.25) is 0 Å². The Morgan fingerprint density at radius 1 is 0.377 bits per heavy atom. The van der Waals surface area contributed by atoms with Crippen LogP contribution in [0.15, 0.2) is 71.2 Å². The largest absolute Gasteiger partial charge is 0.353 e. The van der Waals surface area contributed by atoms with Gasteiger partial charge in [0.2, 0.25) is 0 Å². The van der Waals surface area contributed by atoms with Gasteiger partial charge >= 0.3 is 0 Å². The molecule has 0 spiro atoms. The minimum absolute atomic E-state index is 0.0104. The van der Waals surface area contributed by atoms with Crippen LogP contribution in [0.5, 0.6) is 0 Å². The number of fused-ring (bicyclic) bond motifs is 10. The number of thiophene rings is 2. The lowest BCUT2D eigenvalue weighted by Gasteiger charge is -2.21. The molecule has 0 radical (unpaired) electrons. The van der Waals surface area contributed by atoms with E-state index in [4.69, 9.17) is 0 Å². The van der Waals surface area contributed by atoms with Gasteiger partial charge in [-0.1, -0.05) is 83.1 Å². The summed E-state index contributed by atoms with van der Waals surface area (Å²) >= 11 is 7.93. The van der Waals surface area contributed by atoms with Crippen molar-refractivity contribution >= 4 is 123 Å². The maximum absolute atomic E-state index is 4.12. The summed E-state index contributed by atoms with van der Waals surface area (Å²) in [6.07, 6.45) is 0. The minimum Gasteiger partial charge on any atom is -0.353 e. The van der Waals surface area contributed by atoms with Crippen molar-refractivity contribution < 1.29 is 0 Å². The second-order valence-corrected chi connectivity index (χ2v) is 22.5. The van der Waals surface area contributed by atoms with Gasteiger partial charge in [-0.2, -0.15) is 0 Å². The quantitative estimate of drug-likeness (QED) is 0.153. The molecule has 5 heteroatoms. The second kappa shape index (κ2) is 11.2. The normalized spacial score (nSPS) is 13.8. The highest BCUT2D eigenvalue weighted by molar-refractivity contribution is 9.10. The van der Waals surface area contributed by atoms with E-state index in [1.54, 1.807) is 0 Å². The molecular formula is C48H49BrN2S2. The molecule has 0 aliphatic rings. The molecule has 270 valence electrons. The first-order valence-electron chi connectivity index (χ1n) is 18.9. The summed E-state index contributed by atoms with van der Waals surface area (Å²) in [5, 5.41) is 10.3. The topological polar surface area (TPSA) is 31.6 Å². The van der Waals surface area contributed by atoms with Crippen LogP contribution in [0.1, 0.15) is 105 Å². The predicted molar refractivity (Wildman–Crippen MR) is 242 cm³/mol. The summed E-state index contributed by atoms with van der Waals surface area (Å²) in [6.45, 7) is 28.0. The third-order valence-corrected chi connectivity index (χ3v) is 14.7. The standard InChI is InChI=1S/C48H49BrN2S2/c1-45(2,3)24-15-28-29-17-26(47(7,8)9)21-34-39-23-36(49)44(53-39)35-22-27(48(10,11)12)18-31-30-16-25(46(4,5)6)20-33(41(30)51-43(31)35)38-14-13-37(52-38)32(19-24)40(28)50-42(29)34/h13-23,50-51H,1-12H3. The molecule has 8 bridgehead atoms. The number of hydrogen-bond donors (Lipinski definition) is 2. The van der Waals surface area contributed by atoms with Gasteiger partial charge in [0.05, 0.1) is 26.8 Å². The molecule has 2 N–H and O–H groups in total. The Morgan fingerprint density at radius 3 is 1.04 bits per heavy atom. The Morgan fingerprint density at radius 2 is 0.679 bits per heavy atom. The van der Waals surface area contributed by atoms with Crippen molar-refractivity contribution in [3.8, 4) is 0 Å². The smallest absolute Gasteiger partial charge is 0.0553 e. The molecule has 5 heterocycles. The second-order valence-electron chi connectivity index (χ2n) is 19.5. The lowest BCUT2D eigenvalue weighted by molar-refractivity contribution is 0.591. The summed E-state index contributed by atoms with van der Waals surface area (Å²) in [6, 6.07) is 26.7. The molecule has 0 atom stereocenters. The summed E-state index contributed by atoms with van der Waals surface area (Å²) < 4.78 is 6.22. The Hall–Kier alpha value is -3.64. The minimum atomic E-state index is -0.0227. The number of aromatic nitrogens is 2. The molecule has 2 nitrogen and oxygen atoms in total. The first-order chi connectivity index (χ1) is 24.7. The zero-order valence-electron chi connectivity index (χ0n) is 33.0. The van der Waals surface area contributed by atoms with E-state index >= 15 is 0 Å². The van der Waals surface area contributed by atoms with Gasteiger partial charge in [-0.15, -0.1) is 22.7 Å². The van der Waals surface area contributed by atoms with E-state index in [1.165, 1.54) is 106 Å². The van der Waals surface area contributed by atoms with Crippen LogP contribution >= 0.6 is 38.6 Å². The van der Waals surface area contributed by atoms with Gasteiger partial charge in [-0.3, -0.25) is 0 Å². The third-order valence-electron chi connectivity index (χ3n) is 11.4. The fourth-order valence-corrected chi connectivity index (χ4v) is 11.0. The van der Waals surface area contributed by atoms with Crippen molar-refractivity contribution in [2.24, 2.45) is 0 Å². The third kappa shape index (κ3) is 5.51. The van der Waals surface area contributed by atoms with Crippen LogP contribution in [-0.4, -0.2) is 9.97 Å². The molecule has 5 aromatic heterocycles. The van der Waals surface area contributed by atoms with Gasteiger partial charge in [0.15, 0.2) is 0 Å². The number of nitrogens with one attached hydrogen (secondary N) is 2. The number of halogens is 1. The van der Waals surface area contributed by atoms with Crippen molar-refractivity contribution in [1.29, 1.82) is 0 Å². The van der Waals surface area contributed by atoms with Gasteiger partial charge in [0, 0.05) is 61.7 Å². The molecule has 0 saturated heterocycles. The molecule has 0 amide bonds. The lowest BCUT2D eigenvalue weighted by Crippen LogP contribution is -2.11. The molecule has 9 rings (SSSR count). The molecule has 0 fully saturated rings. The van der Waals surface area contributed by atoms with Crippen molar-refractivity contribution in [1.82, 2.24) is 9.97 Å². The summed E-state index contributed by atoms with van der Waals surface area (Å²) in [5.74, 6) is 0. The zero-order chi connectivity index (χ0) is 37.7. The van der Waals surface area contributed by atoms with Crippen molar-refractivity contribution in [3.63, 3.8) is 0 Å². The van der Waals surface area contributed by atoms with Crippen LogP contribution in [0.3, 0.4) is 0 Å². The van der Waals surface area contributed by atoms with Gasteiger partial charge in [-0.25, -0.2) is 0 Å². The van der Waals surface area contributed by atoms with E-state index < -0.39 is 0 Å². The molecule has 0 unspecified atom stereocenters. The summed E-state index contributed by atoms with van der Waals surface area (Å²) in [5.41, 5.74) is 10.2. The fourth-order valence-electron chi connectivity index (χ4n) is 8.01. The summed E-state index contributed by atoms with van der Waals surface area (Å²) in [7, 11) is 0. The van der Waals surface area contributed by atoms with Crippen LogP contribution < -0.4 is 0 Å². The Kier molecular flexibility index (Phi) is 7.42. The van der Waals surface area contributed by atoms with Crippen LogP contribution in [0, 0.1) is 0 Å². The number of hydrogen-bond acceptors (Lipinski definition) is 2. The average Bonchev–Trinajstić information content (AvgIpc) is 3.84. The lowest BCUT2D eigenvalue weighted by atomic mass is 9.84. The average molecular weight is 798 g/mol. The predicted octanol–water partition coefficient (Wildman–Crippen LogP) is 16.2. The molecule has 9 aromatic rings. The molecule has 4 aromatic carbocycles. The number of aromatic amines is 2. The Bertz CT molecular complexity index is 3040. The number of H-pyrrole nitrogens is 2.